The lowest BCUT2D eigenvalue weighted by atomic mass is 9.85. The lowest BCUT2D eigenvalue weighted by Crippen LogP contribution is -2.64. The van der Waals surface area contributed by atoms with Crippen LogP contribution >= 0.6 is 0 Å². The summed E-state index contributed by atoms with van der Waals surface area (Å²) in [6.07, 6.45) is 4.12. The zero-order chi connectivity index (χ0) is 7.03. The molecular weight excluding hydrogens is 124 g/mol. The zero-order valence-corrected chi connectivity index (χ0v) is 6.61. The molecule has 0 aromatic rings. The Morgan fingerprint density at radius 3 is 3.10 bits per heavy atom. The molecule has 2 N–H and O–H groups in total. The van der Waals surface area contributed by atoms with Crippen LogP contribution in [0.3, 0.4) is 0 Å². The minimum atomic E-state index is 0.418. The SMILES string of the molecule is CC12CCCC(CNC1)N2. The topological polar surface area (TPSA) is 24.1 Å². The second-order valence-corrected chi connectivity index (χ2v) is 3.93. The summed E-state index contributed by atoms with van der Waals surface area (Å²) in [5, 5.41) is 7.13. The molecular formula is C8H16N2. The Labute approximate surface area is 62.4 Å². The third-order valence-corrected chi connectivity index (χ3v) is 2.74. The summed E-state index contributed by atoms with van der Waals surface area (Å²) in [6, 6.07) is 0.757. The van der Waals surface area contributed by atoms with Gasteiger partial charge in [0.2, 0.25) is 0 Å². The van der Waals surface area contributed by atoms with E-state index in [0.717, 1.165) is 12.6 Å². The molecule has 2 aliphatic rings. The van der Waals surface area contributed by atoms with E-state index in [0.29, 0.717) is 5.54 Å². The molecule has 2 aliphatic heterocycles. The van der Waals surface area contributed by atoms with E-state index in [1.807, 2.05) is 0 Å². The lowest BCUT2D eigenvalue weighted by Gasteiger charge is -2.44. The van der Waals surface area contributed by atoms with Crippen molar-refractivity contribution in [2.75, 3.05) is 13.1 Å². The summed E-state index contributed by atoms with van der Waals surface area (Å²) < 4.78 is 0. The molecule has 2 atom stereocenters. The fraction of sp³-hybridized carbons (Fsp3) is 1.00. The van der Waals surface area contributed by atoms with Crippen molar-refractivity contribution in [2.45, 2.75) is 37.8 Å². The van der Waals surface area contributed by atoms with E-state index in [2.05, 4.69) is 17.6 Å². The van der Waals surface area contributed by atoms with E-state index in [4.69, 9.17) is 0 Å². The molecule has 2 rings (SSSR count). The first kappa shape index (κ1) is 6.62. The van der Waals surface area contributed by atoms with Gasteiger partial charge < -0.3 is 10.6 Å². The molecule has 2 heterocycles. The van der Waals surface area contributed by atoms with Crippen molar-refractivity contribution in [1.82, 2.24) is 10.6 Å². The molecule has 0 aromatic carbocycles. The summed E-state index contributed by atoms with van der Waals surface area (Å²) in [4.78, 5) is 0. The Kier molecular flexibility index (Phi) is 1.46. The van der Waals surface area contributed by atoms with Crippen LogP contribution in [0.5, 0.6) is 0 Å². The molecule has 2 fully saturated rings. The van der Waals surface area contributed by atoms with Crippen LogP contribution in [0.1, 0.15) is 26.2 Å². The standard InChI is InChI=1S/C8H16N2/c1-8-4-2-3-7(10-8)5-9-6-8/h7,9-10H,2-6H2,1H3. The summed E-state index contributed by atoms with van der Waals surface area (Å²) in [5.74, 6) is 0. The van der Waals surface area contributed by atoms with Gasteiger partial charge in [-0.15, -0.1) is 0 Å². The van der Waals surface area contributed by atoms with E-state index >= 15 is 0 Å². The predicted octanol–water partition coefficient (Wildman–Crippen LogP) is 0.490. The first-order valence-electron chi connectivity index (χ1n) is 4.27. The number of fused-ring (bicyclic) bond motifs is 2. The average Bonchev–Trinajstić information content (AvgIpc) is 1.86. The van der Waals surface area contributed by atoms with Gasteiger partial charge in [-0.05, 0) is 26.2 Å². The number of hydrogen-bond donors (Lipinski definition) is 2. The van der Waals surface area contributed by atoms with Gasteiger partial charge in [-0.3, -0.25) is 0 Å². The maximum absolute atomic E-state index is 3.67. The fourth-order valence-electron chi connectivity index (χ4n) is 2.19. The van der Waals surface area contributed by atoms with Gasteiger partial charge in [0.1, 0.15) is 0 Å². The summed E-state index contributed by atoms with van der Waals surface area (Å²) in [7, 11) is 0. The molecule has 0 aliphatic carbocycles. The second kappa shape index (κ2) is 2.21. The van der Waals surface area contributed by atoms with Gasteiger partial charge in [-0.2, -0.15) is 0 Å². The highest BCUT2D eigenvalue weighted by molar-refractivity contribution is 4.97. The highest BCUT2D eigenvalue weighted by atomic mass is 15.1. The van der Waals surface area contributed by atoms with Crippen molar-refractivity contribution in [3.05, 3.63) is 0 Å². The van der Waals surface area contributed by atoms with Crippen molar-refractivity contribution in [1.29, 1.82) is 0 Å². The minimum absolute atomic E-state index is 0.418. The molecule has 2 bridgehead atoms. The Morgan fingerprint density at radius 1 is 1.50 bits per heavy atom. The molecule has 2 unspecified atom stereocenters. The molecule has 2 heteroatoms. The maximum atomic E-state index is 3.67. The molecule has 0 spiro atoms. The van der Waals surface area contributed by atoms with Gasteiger partial charge in [0, 0.05) is 24.7 Å². The normalized spacial score (nSPS) is 47.1. The van der Waals surface area contributed by atoms with Gasteiger partial charge in [0.15, 0.2) is 0 Å². The van der Waals surface area contributed by atoms with E-state index in [1.54, 1.807) is 0 Å². The van der Waals surface area contributed by atoms with Crippen LogP contribution in [0.15, 0.2) is 0 Å². The monoisotopic (exact) mass is 140 g/mol. The Bertz CT molecular complexity index is 123. The Hall–Kier alpha value is -0.0800. The van der Waals surface area contributed by atoms with Gasteiger partial charge in [-0.1, -0.05) is 0 Å². The molecule has 0 saturated carbocycles. The van der Waals surface area contributed by atoms with E-state index in [9.17, 15) is 0 Å². The molecule has 2 nitrogen and oxygen atoms in total. The number of piperidine rings is 1. The van der Waals surface area contributed by atoms with Crippen molar-refractivity contribution in [2.24, 2.45) is 0 Å². The summed E-state index contributed by atoms with van der Waals surface area (Å²) in [5.41, 5.74) is 0.418. The van der Waals surface area contributed by atoms with Gasteiger partial charge in [0.25, 0.3) is 0 Å². The zero-order valence-electron chi connectivity index (χ0n) is 6.61. The predicted molar refractivity (Wildman–Crippen MR) is 42.0 cm³/mol. The van der Waals surface area contributed by atoms with Crippen LogP contribution in [-0.4, -0.2) is 24.7 Å². The lowest BCUT2D eigenvalue weighted by molar-refractivity contribution is 0.175. The van der Waals surface area contributed by atoms with Gasteiger partial charge >= 0.3 is 0 Å². The van der Waals surface area contributed by atoms with Gasteiger partial charge in [0.05, 0.1) is 0 Å². The van der Waals surface area contributed by atoms with Crippen LogP contribution < -0.4 is 10.6 Å². The molecule has 0 radical (unpaired) electrons. The number of rotatable bonds is 0. The van der Waals surface area contributed by atoms with Gasteiger partial charge in [-0.25, -0.2) is 0 Å². The van der Waals surface area contributed by atoms with Crippen LogP contribution in [-0.2, 0) is 0 Å². The van der Waals surface area contributed by atoms with Crippen LogP contribution in [0.25, 0.3) is 0 Å². The molecule has 0 amide bonds. The van der Waals surface area contributed by atoms with E-state index in [-0.39, 0.29) is 0 Å². The first-order chi connectivity index (χ1) is 4.79. The van der Waals surface area contributed by atoms with E-state index < -0.39 is 0 Å². The summed E-state index contributed by atoms with van der Waals surface area (Å²) in [6.45, 7) is 4.66. The molecule has 0 aromatic heterocycles. The highest BCUT2D eigenvalue weighted by Crippen LogP contribution is 2.23. The molecule has 58 valence electrons. The fourth-order valence-corrected chi connectivity index (χ4v) is 2.19. The third kappa shape index (κ3) is 1.06. The van der Waals surface area contributed by atoms with Crippen LogP contribution in [0.2, 0.25) is 0 Å². The van der Waals surface area contributed by atoms with Crippen molar-refractivity contribution >= 4 is 0 Å². The largest absolute Gasteiger partial charge is 0.313 e. The smallest absolute Gasteiger partial charge is 0.0280 e. The first-order valence-corrected chi connectivity index (χ1v) is 4.27. The highest BCUT2D eigenvalue weighted by Gasteiger charge is 2.33. The van der Waals surface area contributed by atoms with E-state index in [1.165, 1.54) is 25.8 Å². The average molecular weight is 140 g/mol. The minimum Gasteiger partial charge on any atom is -0.313 e. The quantitative estimate of drug-likeness (QED) is 0.511. The third-order valence-electron chi connectivity index (χ3n) is 2.74. The Balaban J connectivity index is 2.07. The van der Waals surface area contributed by atoms with Crippen LogP contribution in [0.4, 0.5) is 0 Å². The van der Waals surface area contributed by atoms with Crippen molar-refractivity contribution in [3.8, 4) is 0 Å². The molecule has 10 heavy (non-hydrogen) atoms. The summed E-state index contributed by atoms with van der Waals surface area (Å²) >= 11 is 0. The van der Waals surface area contributed by atoms with Crippen molar-refractivity contribution in [3.63, 3.8) is 0 Å². The van der Waals surface area contributed by atoms with Crippen LogP contribution in [0, 0.1) is 0 Å². The maximum Gasteiger partial charge on any atom is 0.0280 e. The van der Waals surface area contributed by atoms with Crippen molar-refractivity contribution < 1.29 is 0 Å². The Morgan fingerprint density at radius 2 is 2.40 bits per heavy atom. The number of hydrogen-bond acceptors (Lipinski definition) is 2. The number of nitrogens with one attached hydrogen (secondary N) is 2. The second-order valence-electron chi connectivity index (χ2n) is 3.93. The number of piperazine rings is 1. The molecule has 2 saturated heterocycles.